The van der Waals surface area contributed by atoms with Crippen LogP contribution < -0.4 is 0 Å². The first kappa shape index (κ1) is 80.3. The van der Waals surface area contributed by atoms with Gasteiger partial charge in [-0.05, 0) is 306 Å². The molecule has 6 unspecified atom stereocenters. The van der Waals surface area contributed by atoms with Crippen LogP contribution in [-0.4, -0.2) is 88.0 Å². The quantitative estimate of drug-likeness (QED) is 0.0534. The number of allylic oxidation sites excluding steroid dienone is 4. The molecule has 0 aromatic rings. The molecule has 12 bridgehead atoms. The van der Waals surface area contributed by atoms with Crippen molar-refractivity contribution in [2.24, 2.45) is 82.9 Å². The lowest BCUT2D eigenvalue weighted by atomic mass is 9.50. The van der Waals surface area contributed by atoms with Crippen LogP contribution in [0, 0.1) is 82.9 Å². The first-order valence-corrected chi connectivity index (χ1v) is 37.1. The number of unbranched alkanes of at least 4 members (excludes halogenated alkanes) is 1. The van der Waals surface area contributed by atoms with E-state index >= 15 is 0 Å². The van der Waals surface area contributed by atoms with Gasteiger partial charge in [-0.1, -0.05) is 64.0 Å². The first-order chi connectivity index (χ1) is 46.4. The summed E-state index contributed by atoms with van der Waals surface area (Å²) < 4.78 is 142. The van der Waals surface area contributed by atoms with Crippen molar-refractivity contribution < 1.29 is 96.7 Å². The average molecular weight is 1420 g/mol. The molecule has 15 rings (SSSR count). The molecule has 0 aliphatic heterocycles. The summed E-state index contributed by atoms with van der Waals surface area (Å²) >= 11 is 0. The maximum absolute atomic E-state index is 12.8. The molecule has 0 aromatic carbocycles. The van der Waals surface area contributed by atoms with Crippen molar-refractivity contribution in [2.45, 2.75) is 301 Å². The minimum atomic E-state index is -4.72. The zero-order valence-corrected chi connectivity index (χ0v) is 60.5. The number of hydrogen-bond donors (Lipinski definition) is 0. The van der Waals surface area contributed by atoms with E-state index in [0.717, 1.165) is 108 Å². The van der Waals surface area contributed by atoms with Crippen LogP contribution >= 0.6 is 0 Å². The number of esters is 6. The van der Waals surface area contributed by atoms with Crippen molar-refractivity contribution in [3.63, 3.8) is 0 Å². The van der Waals surface area contributed by atoms with Gasteiger partial charge < -0.3 is 28.4 Å². The van der Waals surface area contributed by atoms with Crippen LogP contribution in [0.4, 0.5) is 39.5 Å². The van der Waals surface area contributed by atoms with Crippen molar-refractivity contribution in [3.8, 4) is 0 Å². The number of ether oxygens (including phenoxy) is 6. The number of carbonyl (C=O) groups is 6. The molecule has 15 aliphatic rings. The van der Waals surface area contributed by atoms with E-state index < -0.39 is 70.0 Å². The third-order valence-electron chi connectivity index (χ3n) is 24.6. The van der Waals surface area contributed by atoms with Gasteiger partial charge in [0, 0.05) is 5.57 Å². The van der Waals surface area contributed by atoms with Gasteiger partial charge in [0.15, 0.2) is 0 Å². The Hall–Kier alpha value is -5.37. The minimum absolute atomic E-state index is 0.0706. The molecule has 0 N–H and O–H groups in total. The van der Waals surface area contributed by atoms with Gasteiger partial charge in [0.1, 0.15) is 50.3 Å². The Morgan fingerprint density at radius 3 is 1.09 bits per heavy atom. The monoisotopic (exact) mass is 1420 g/mol. The predicted octanol–water partition coefficient (Wildman–Crippen LogP) is 19.9. The molecular weight excluding hydrogens is 1310 g/mol. The normalized spacial score (nSPS) is 34.0. The molecule has 0 saturated heterocycles. The fraction of sp³-hybridized carbons (Fsp3) is 0.772. The summed E-state index contributed by atoms with van der Waals surface area (Å²) in [6, 6.07) is 0. The molecule has 6 atom stereocenters. The second-order valence-corrected chi connectivity index (χ2v) is 33.8. The number of fused-ring (bicyclic) bond motifs is 4. The Morgan fingerprint density at radius 2 is 0.760 bits per heavy atom. The van der Waals surface area contributed by atoms with Gasteiger partial charge in [-0.2, -0.15) is 39.5 Å². The zero-order chi connectivity index (χ0) is 73.9. The summed E-state index contributed by atoms with van der Waals surface area (Å²) in [4.78, 5) is 70.1. The third kappa shape index (κ3) is 20.1. The van der Waals surface area contributed by atoms with Crippen molar-refractivity contribution >= 4 is 35.8 Å². The highest BCUT2D eigenvalue weighted by Gasteiger charge is 2.60. The predicted molar refractivity (Wildman–Crippen MR) is 360 cm³/mol. The highest BCUT2D eigenvalue weighted by atomic mass is 19.4. The molecule has 0 amide bonds. The minimum Gasteiger partial charge on any atom is -0.459 e. The van der Waals surface area contributed by atoms with Crippen LogP contribution in [0.15, 0.2) is 72.9 Å². The number of hydrogen-bond acceptors (Lipinski definition) is 12. The summed E-state index contributed by atoms with van der Waals surface area (Å²) in [5.41, 5.74) is -6.68. The highest BCUT2D eigenvalue weighted by molar-refractivity contribution is 5.90. The third-order valence-corrected chi connectivity index (χ3v) is 24.6. The summed E-state index contributed by atoms with van der Waals surface area (Å²) in [7, 11) is 0. The van der Waals surface area contributed by atoms with E-state index in [1.807, 2.05) is 6.92 Å². The molecule has 0 spiro atoms. The van der Waals surface area contributed by atoms with E-state index in [4.69, 9.17) is 23.7 Å². The lowest BCUT2D eigenvalue weighted by Crippen LogP contribution is -2.58. The second kappa shape index (κ2) is 31.5. The van der Waals surface area contributed by atoms with E-state index in [9.17, 15) is 68.3 Å². The fourth-order valence-corrected chi connectivity index (χ4v) is 19.2. The van der Waals surface area contributed by atoms with Crippen molar-refractivity contribution in [3.05, 3.63) is 72.9 Å². The van der Waals surface area contributed by atoms with E-state index in [1.54, 1.807) is 13.8 Å². The first-order valence-electron chi connectivity index (χ1n) is 37.1. The molecule has 100 heavy (non-hydrogen) atoms. The van der Waals surface area contributed by atoms with Gasteiger partial charge in [0.05, 0.1) is 11.8 Å². The van der Waals surface area contributed by atoms with Gasteiger partial charge in [-0.25, -0.2) is 19.2 Å². The SMILES string of the molecule is C=C(C(=O)OC(C)(C)C)C(F)(F)F.C=C(C(=O)OC1(C)C2CC3CC(C2)CC1C3)C(F)(F)F.C=C(C(=O)OC1(C)CCCC1)C(F)(F)F.C=C(C)C(=O)OC1(CCCC)CCCC1.CC1(OC(=O)C2CC3C=CC2C3)C2CC3CC(C2)CC1C3.CC1(OC(=O)C2CC3C=CC2C3)CCCC1. The fourth-order valence-electron chi connectivity index (χ4n) is 19.2. The Morgan fingerprint density at radius 1 is 0.420 bits per heavy atom. The average Bonchev–Trinajstić information content (AvgIpc) is 0.754. The van der Waals surface area contributed by atoms with Crippen LogP contribution in [0.3, 0.4) is 0 Å². The van der Waals surface area contributed by atoms with E-state index in [-0.39, 0.29) is 58.4 Å². The van der Waals surface area contributed by atoms with Crippen molar-refractivity contribution in [2.75, 3.05) is 0 Å². The molecular formula is C79H111F9O12. The number of halogens is 9. The van der Waals surface area contributed by atoms with Crippen molar-refractivity contribution in [1.29, 1.82) is 0 Å². The van der Waals surface area contributed by atoms with E-state index in [0.29, 0.717) is 65.8 Å². The molecule has 15 aliphatic carbocycles. The Kier molecular flexibility index (Phi) is 25.3. The molecule has 12 nitrogen and oxygen atoms in total. The van der Waals surface area contributed by atoms with E-state index in [2.05, 4.69) is 76.1 Å². The van der Waals surface area contributed by atoms with Gasteiger partial charge >= 0.3 is 54.3 Å². The largest absolute Gasteiger partial charge is 0.459 e. The molecule has 0 radical (unpaired) electrons. The second-order valence-electron chi connectivity index (χ2n) is 33.8. The maximum Gasteiger partial charge on any atom is 0.422 e. The van der Waals surface area contributed by atoms with Gasteiger partial charge in [0.25, 0.3) is 0 Å². The van der Waals surface area contributed by atoms with Crippen LogP contribution in [-0.2, 0) is 57.2 Å². The van der Waals surface area contributed by atoms with E-state index in [1.165, 1.54) is 97.8 Å². The Balaban J connectivity index is 0.000000154. The Bertz CT molecular complexity index is 3000. The molecule has 13 fully saturated rings. The standard InChI is InChI=1S/C19H26O2.C15H19F3O2.C14H20O2.C13H22O2.C10H13F3O2.C8H11F3O2/c1-19(15-6-12-4-13(8-15)9-16(19)7-12)21-18(20)17-10-11-2-3-14(17)5-11;1-8(15(16,17)18)13(19)20-14(2)11-4-9-3-10(6-11)7-12(14)5-9;1-14(6-2-3-7-14)16-13(15)12-9-10-4-5-11(12)8-10;1-4-5-8-13(9-6-7-10-13)15-12(14)11(2)3;1-7(10(11,12)13)8(14)15-9(2)5-3-4-6-9;1-5(8(9,10)11)6(12)13-7(2,3)4/h2-3,11-17H,4-10H2,1H3;9-12H,1,3-7H2,2H3;4-5,10-12H,2-3,6-9H2,1H3;2,4-10H2,1,3H3;1,3-6H2,2H3;1H2,2-4H3. The molecule has 0 aromatic heterocycles. The van der Waals surface area contributed by atoms with Crippen molar-refractivity contribution in [1.82, 2.24) is 0 Å². The zero-order valence-electron chi connectivity index (χ0n) is 60.5. The van der Waals surface area contributed by atoms with Crippen LogP contribution in [0.1, 0.15) is 249 Å². The molecule has 21 heteroatoms. The molecule has 562 valence electrons. The molecule has 0 heterocycles. The van der Waals surface area contributed by atoms with Crippen LogP contribution in [0.5, 0.6) is 0 Å². The summed E-state index contributed by atoms with van der Waals surface area (Å²) in [5, 5.41) is 0. The summed E-state index contributed by atoms with van der Waals surface area (Å²) in [6.07, 6.45) is 26.5. The van der Waals surface area contributed by atoms with Crippen LogP contribution in [0.25, 0.3) is 0 Å². The Labute approximate surface area is 586 Å². The topological polar surface area (TPSA) is 158 Å². The van der Waals surface area contributed by atoms with Crippen LogP contribution in [0.2, 0.25) is 0 Å². The number of alkyl halides is 9. The van der Waals surface area contributed by atoms with Gasteiger partial charge in [-0.3, -0.25) is 9.59 Å². The van der Waals surface area contributed by atoms with Gasteiger partial charge in [-0.15, -0.1) is 0 Å². The maximum atomic E-state index is 12.8. The highest BCUT2D eigenvalue weighted by Crippen LogP contribution is 2.62. The molecule has 13 saturated carbocycles. The summed E-state index contributed by atoms with van der Waals surface area (Å²) in [6.45, 7) is 27.9. The number of carbonyl (C=O) groups excluding carboxylic acids is 6. The lowest BCUT2D eigenvalue weighted by molar-refractivity contribution is -0.207. The summed E-state index contributed by atoms with van der Waals surface area (Å²) in [5.74, 6) is 3.41. The number of rotatable bonds is 14. The van der Waals surface area contributed by atoms with Gasteiger partial charge in [0.2, 0.25) is 0 Å². The lowest BCUT2D eigenvalue weighted by Gasteiger charge is -2.59. The smallest absolute Gasteiger partial charge is 0.422 e.